The largest absolute Gasteiger partial charge is 0.352 e. The van der Waals surface area contributed by atoms with Crippen molar-refractivity contribution in [1.29, 1.82) is 0 Å². The van der Waals surface area contributed by atoms with Crippen LogP contribution in [0.4, 0.5) is 0 Å². The summed E-state index contributed by atoms with van der Waals surface area (Å²) in [5.41, 5.74) is 2.68. The number of nitrogens with zero attached hydrogens (tertiary/aromatic N) is 1. The highest BCUT2D eigenvalue weighted by atomic mass is 35.5. The standard InChI is InChI=1S/C18H23ClN2O/c1-13-8-9-17-15(10-13)16(12-21(17)19)18(22)20-11-14-6-4-2-3-5-7-14/h8-10,12,14H,2-7,11H2,1H3,(H,20,22). The number of nitrogens with one attached hydrogen (secondary N) is 1. The lowest BCUT2D eigenvalue weighted by molar-refractivity contribution is 0.0947. The number of hydrogen-bond acceptors (Lipinski definition) is 1. The number of aromatic nitrogens is 1. The van der Waals surface area contributed by atoms with Crippen LogP contribution in [0.3, 0.4) is 0 Å². The molecule has 1 amide bonds. The van der Waals surface area contributed by atoms with Gasteiger partial charge >= 0.3 is 0 Å². The fraction of sp³-hybridized carbons (Fsp3) is 0.500. The van der Waals surface area contributed by atoms with Crippen LogP contribution in [0.1, 0.15) is 54.4 Å². The van der Waals surface area contributed by atoms with Gasteiger partial charge in [0.2, 0.25) is 0 Å². The summed E-state index contributed by atoms with van der Waals surface area (Å²) in [5, 5.41) is 4.03. The highest BCUT2D eigenvalue weighted by Crippen LogP contribution is 2.25. The molecule has 0 spiro atoms. The molecule has 1 fully saturated rings. The predicted octanol–water partition coefficient (Wildman–Crippen LogP) is 4.65. The number of halogens is 1. The van der Waals surface area contributed by atoms with Gasteiger partial charge < -0.3 is 5.32 Å². The third-order valence-corrected chi connectivity index (χ3v) is 4.97. The molecule has 1 aliphatic carbocycles. The summed E-state index contributed by atoms with van der Waals surface area (Å²) in [6.07, 6.45) is 9.44. The van der Waals surface area contributed by atoms with Crippen molar-refractivity contribution in [2.45, 2.75) is 45.4 Å². The molecular weight excluding hydrogens is 296 g/mol. The van der Waals surface area contributed by atoms with E-state index >= 15 is 0 Å². The molecule has 2 aromatic rings. The number of hydrogen-bond donors (Lipinski definition) is 1. The fourth-order valence-electron chi connectivity index (χ4n) is 3.39. The summed E-state index contributed by atoms with van der Waals surface area (Å²) in [4.78, 5) is 12.5. The summed E-state index contributed by atoms with van der Waals surface area (Å²) in [5.74, 6) is 0.608. The fourth-order valence-corrected chi connectivity index (χ4v) is 3.63. The molecule has 0 bridgehead atoms. The summed E-state index contributed by atoms with van der Waals surface area (Å²) in [7, 11) is 0. The molecular formula is C18H23ClN2O. The van der Waals surface area contributed by atoms with Gasteiger partial charge in [-0.25, -0.2) is 0 Å². The SMILES string of the molecule is Cc1ccc2c(c1)c(C(=O)NCC1CCCCCC1)cn2Cl. The minimum atomic E-state index is -0.0146. The van der Waals surface area contributed by atoms with E-state index in [1.54, 1.807) is 6.20 Å². The van der Waals surface area contributed by atoms with E-state index in [1.807, 2.05) is 25.1 Å². The minimum absolute atomic E-state index is 0.0146. The first-order valence-corrected chi connectivity index (χ1v) is 8.55. The number of fused-ring (bicyclic) bond motifs is 1. The molecule has 0 radical (unpaired) electrons. The second-order valence-corrected chi connectivity index (χ2v) is 6.81. The lowest BCUT2D eigenvalue weighted by atomic mass is 10.0. The molecule has 1 N–H and O–H groups in total. The number of carbonyl (C=O) groups is 1. The minimum Gasteiger partial charge on any atom is -0.352 e. The molecule has 0 atom stereocenters. The summed E-state index contributed by atoms with van der Waals surface area (Å²) in [6, 6.07) is 5.99. The van der Waals surface area contributed by atoms with Gasteiger partial charge in [0.05, 0.1) is 11.1 Å². The molecule has 1 saturated carbocycles. The van der Waals surface area contributed by atoms with Crippen LogP contribution in [0.5, 0.6) is 0 Å². The van der Waals surface area contributed by atoms with E-state index in [4.69, 9.17) is 11.8 Å². The van der Waals surface area contributed by atoms with E-state index in [0.29, 0.717) is 11.5 Å². The first-order valence-electron chi connectivity index (χ1n) is 8.21. The van der Waals surface area contributed by atoms with E-state index in [0.717, 1.165) is 23.0 Å². The molecule has 1 aromatic heterocycles. The van der Waals surface area contributed by atoms with Crippen LogP contribution < -0.4 is 5.32 Å². The average Bonchev–Trinajstić information content (AvgIpc) is 2.68. The second kappa shape index (κ2) is 6.74. The van der Waals surface area contributed by atoms with Crippen molar-refractivity contribution in [2.75, 3.05) is 6.54 Å². The smallest absolute Gasteiger partial charge is 0.253 e. The summed E-state index contributed by atoms with van der Waals surface area (Å²) < 4.78 is 1.51. The monoisotopic (exact) mass is 318 g/mol. The van der Waals surface area contributed by atoms with Crippen molar-refractivity contribution in [3.63, 3.8) is 0 Å². The van der Waals surface area contributed by atoms with Crippen LogP contribution in [0.15, 0.2) is 24.4 Å². The summed E-state index contributed by atoms with van der Waals surface area (Å²) >= 11 is 6.18. The van der Waals surface area contributed by atoms with Gasteiger partial charge in [-0.05, 0) is 37.8 Å². The predicted molar refractivity (Wildman–Crippen MR) is 91.5 cm³/mol. The number of aryl methyl sites for hydroxylation is 1. The number of amides is 1. The molecule has 0 unspecified atom stereocenters. The Morgan fingerprint density at radius 3 is 2.73 bits per heavy atom. The van der Waals surface area contributed by atoms with Crippen LogP contribution in [0.2, 0.25) is 0 Å². The Bertz CT molecular complexity index is 669. The van der Waals surface area contributed by atoms with Gasteiger partial charge in [0, 0.05) is 29.9 Å². The topological polar surface area (TPSA) is 34.0 Å². The van der Waals surface area contributed by atoms with Gasteiger partial charge in [0.25, 0.3) is 5.91 Å². The van der Waals surface area contributed by atoms with Gasteiger partial charge in [0.1, 0.15) is 0 Å². The van der Waals surface area contributed by atoms with E-state index in [2.05, 4.69) is 5.32 Å². The average molecular weight is 319 g/mol. The Labute approximate surface area is 136 Å². The van der Waals surface area contributed by atoms with E-state index in [9.17, 15) is 4.79 Å². The highest BCUT2D eigenvalue weighted by Gasteiger charge is 2.17. The van der Waals surface area contributed by atoms with Crippen molar-refractivity contribution >= 4 is 28.6 Å². The zero-order valence-corrected chi connectivity index (χ0v) is 13.8. The van der Waals surface area contributed by atoms with Crippen LogP contribution in [-0.2, 0) is 0 Å². The molecule has 3 nitrogen and oxygen atoms in total. The van der Waals surface area contributed by atoms with Crippen molar-refractivity contribution in [3.8, 4) is 0 Å². The lowest BCUT2D eigenvalue weighted by Crippen LogP contribution is -2.29. The Morgan fingerprint density at radius 1 is 1.27 bits per heavy atom. The van der Waals surface area contributed by atoms with Gasteiger partial charge in [-0.15, -0.1) is 0 Å². The number of carbonyl (C=O) groups excluding carboxylic acids is 1. The van der Waals surface area contributed by atoms with Crippen molar-refractivity contribution in [2.24, 2.45) is 5.92 Å². The van der Waals surface area contributed by atoms with Crippen LogP contribution >= 0.6 is 11.8 Å². The molecule has 118 valence electrons. The molecule has 1 aromatic carbocycles. The first-order chi connectivity index (χ1) is 10.6. The Morgan fingerprint density at radius 2 is 2.00 bits per heavy atom. The van der Waals surface area contributed by atoms with E-state index in [-0.39, 0.29) is 5.91 Å². The number of benzene rings is 1. The van der Waals surface area contributed by atoms with Crippen molar-refractivity contribution in [1.82, 2.24) is 9.40 Å². The van der Waals surface area contributed by atoms with Crippen molar-refractivity contribution in [3.05, 3.63) is 35.5 Å². The van der Waals surface area contributed by atoms with Gasteiger partial charge in [0.15, 0.2) is 0 Å². The maximum absolute atomic E-state index is 12.5. The maximum atomic E-state index is 12.5. The van der Waals surface area contributed by atoms with E-state index in [1.165, 1.54) is 42.6 Å². The molecule has 0 aliphatic heterocycles. The zero-order valence-electron chi connectivity index (χ0n) is 13.1. The molecule has 22 heavy (non-hydrogen) atoms. The Hall–Kier alpha value is -1.48. The van der Waals surface area contributed by atoms with Crippen LogP contribution in [-0.4, -0.2) is 16.5 Å². The molecule has 1 heterocycles. The molecule has 1 aliphatic rings. The third kappa shape index (κ3) is 3.30. The molecule has 3 rings (SSSR count). The Balaban J connectivity index is 1.73. The van der Waals surface area contributed by atoms with Crippen LogP contribution in [0.25, 0.3) is 10.9 Å². The summed E-state index contributed by atoms with van der Waals surface area (Å²) in [6.45, 7) is 2.80. The van der Waals surface area contributed by atoms with E-state index < -0.39 is 0 Å². The first kappa shape index (κ1) is 15.4. The molecule has 0 saturated heterocycles. The second-order valence-electron chi connectivity index (χ2n) is 6.44. The zero-order chi connectivity index (χ0) is 15.5. The number of rotatable bonds is 3. The van der Waals surface area contributed by atoms with Gasteiger partial charge in [-0.1, -0.05) is 37.3 Å². The van der Waals surface area contributed by atoms with Crippen LogP contribution in [0, 0.1) is 12.8 Å². The normalized spacial score (nSPS) is 16.6. The molecule has 4 heteroatoms. The highest BCUT2D eigenvalue weighted by molar-refractivity contribution is 6.21. The quantitative estimate of drug-likeness (QED) is 0.821. The van der Waals surface area contributed by atoms with Gasteiger partial charge in [-0.2, -0.15) is 0 Å². The van der Waals surface area contributed by atoms with Gasteiger partial charge in [-0.3, -0.25) is 8.88 Å². The lowest BCUT2D eigenvalue weighted by Gasteiger charge is -2.14. The maximum Gasteiger partial charge on any atom is 0.253 e. The Kier molecular flexibility index (Phi) is 4.72. The van der Waals surface area contributed by atoms with Crippen molar-refractivity contribution < 1.29 is 4.79 Å². The third-order valence-electron chi connectivity index (χ3n) is 4.69.